The van der Waals surface area contributed by atoms with Crippen LogP contribution in [-0.4, -0.2) is 24.5 Å². The quantitative estimate of drug-likeness (QED) is 0.866. The summed E-state index contributed by atoms with van der Waals surface area (Å²) in [6, 6.07) is 8.76. The highest BCUT2D eigenvalue weighted by Gasteiger charge is 2.09. The second-order valence-electron chi connectivity index (χ2n) is 4.26. The van der Waals surface area contributed by atoms with E-state index in [-0.39, 0.29) is 5.91 Å². The number of nitrogens with zero attached hydrogens (tertiary/aromatic N) is 1. The molecule has 110 valence electrons. The summed E-state index contributed by atoms with van der Waals surface area (Å²) in [5, 5.41) is 5.92. The molecule has 0 radical (unpaired) electrons. The number of anilines is 2. The van der Waals surface area contributed by atoms with E-state index in [1.807, 2.05) is 6.92 Å². The van der Waals surface area contributed by atoms with Crippen LogP contribution in [0.2, 0.25) is 0 Å². The topological polar surface area (TPSA) is 63.2 Å². The Labute approximate surface area is 131 Å². The van der Waals surface area contributed by atoms with E-state index < -0.39 is 0 Å². The van der Waals surface area contributed by atoms with Crippen LogP contribution in [0.25, 0.3) is 0 Å². The number of carbonyl (C=O) groups excluding carboxylic acids is 1. The minimum atomic E-state index is -0.186. The predicted molar refractivity (Wildman–Crippen MR) is 87.0 cm³/mol. The summed E-state index contributed by atoms with van der Waals surface area (Å²) >= 11 is 3.39. The summed E-state index contributed by atoms with van der Waals surface area (Å²) in [4.78, 5) is 16.4. The molecular formula is C15H16BrN3O2. The van der Waals surface area contributed by atoms with Gasteiger partial charge in [-0.05, 0) is 53.2 Å². The number of rotatable bonds is 5. The monoisotopic (exact) mass is 349 g/mol. The first-order valence-corrected chi connectivity index (χ1v) is 7.28. The van der Waals surface area contributed by atoms with Crippen molar-refractivity contribution in [3.63, 3.8) is 0 Å². The first-order valence-electron chi connectivity index (χ1n) is 6.49. The van der Waals surface area contributed by atoms with Gasteiger partial charge < -0.3 is 15.4 Å². The third-order valence-corrected chi connectivity index (χ3v) is 3.41. The van der Waals surface area contributed by atoms with Gasteiger partial charge in [-0.15, -0.1) is 0 Å². The van der Waals surface area contributed by atoms with Crippen molar-refractivity contribution < 1.29 is 9.53 Å². The number of carbonyl (C=O) groups is 1. The van der Waals surface area contributed by atoms with E-state index in [1.165, 1.54) is 0 Å². The van der Waals surface area contributed by atoms with Crippen LogP contribution in [0.4, 0.5) is 11.5 Å². The van der Waals surface area contributed by atoms with Crippen LogP contribution in [0.5, 0.6) is 5.75 Å². The van der Waals surface area contributed by atoms with Crippen LogP contribution in [0, 0.1) is 0 Å². The van der Waals surface area contributed by atoms with Crippen molar-refractivity contribution in [3.05, 3.63) is 46.6 Å². The molecule has 0 saturated heterocycles. The van der Waals surface area contributed by atoms with E-state index in [1.54, 1.807) is 43.6 Å². The maximum atomic E-state index is 12.2. The Kier molecular flexibility index (Phi) is 5.16. The van der Waals surface area contributed by atoms with Crippen molar-refractivity contribution in [2.24, 2.45) is 0 Å². The summed E-state index contributed by atoms with van der Waals surface area (Å²) in [7, 11) is 1.59. The normalized spacial score (nSPS) is 10.0. The molecule has 0 atom stereocenters. The Morgan fingerprint density at radius 2 is 2.14 bits per heavy atom. The summed E-state index contributed by atoms with van der Waals surface area (Å²) in [5.41, 5.74) is 1.24. The lowest BCUT2D eigenvalue weighted by Crippen LogP contribution is -2.12. The zero-order chi connectivity index (χ0) is 15.2. The number of amides is 1. The van der Waals surface area contributed by atoms with E-state index in [0.717, 1.165) is 11.0 Å². The molecular weight excluding hydrogens is 334 g/mol. The Morgan fingerprint density at radius 3 is 2.81 bits per heavy atom. The van der Waals surface area contributed by atoms with Gasteiger partial charge in [0, 0.05) is 24.0 Å². The van der Waals surface area contributed by atoms with E-state index in [4.69, 9.17) is 4.74 Å². The first-order chi connectivity index (χ1) is 10.1. The molecule has 0 bridgehead atoms. The number of pyridine rings is 1. The fourth-order valence-electron chi connectivity index (χ4n) is 1.80. The van der Waals surface area contributed by atoms with Gasteiger partial charge in [0.05, 0.1) is 11.6 Å². The summed E-state index contributed by atoms with van der Waals surface area (Å²) in [6.07, 6.45) is 1.61. The molecule has 21 heavy (non-hydrogen) atoms. The molecule has 0 unspecified atom stereocenters. The summed E-state index contributed by atoms with van der Waals surface area (Å²) < 4.78 is 5.94. The maximum Gasteiger partial charge on any atom is 0.255 e. The fraction of sp³-hybridized carbons (Fsp3) is 0.200. The Morgan fingerprint density at radius 1 is 1.33 bits per heavy atom. The highest BCUT2D eigenvalue weighted by molar-refractivity contribution is 9.10. The smallest absolute Gasteiger partial charge is 0.255 e. The molecule has 1 aromatic heterocycles. The average Bonchev–Trinajstić information content (AvgIpc) is 2.48. The van der Waals surface area contributed by atoms with E-state index in [0.29, 0.717) is 22.8 Å². The van der Waals surface area contributed by atoms with Gasteiger partial charge in [0.2, 0.25) is 0 Å². The SMILES string of the molecule is CCNc1cc(C(=O)Nc2ccc(OC)c(Br)c2)ccn1. The Balaban J connectivity index is 2.14. The van der Waals surface area contributed by atoms with Crippen molar-refractivity contribution in [3.8, 4) is 5.75 Å². The van der Waals surface area contributed by atoms with Crippen molar-refractivity contribution >= 4 is 33.3 Å². The van der Waals surface area contributed by atoms with Gasteiger partial charge in [-0.2, -0.15) is 0 Å². The van der Waals surface area contributed by atoms with Crippen molar-refractivity contribution in [2.75, 3.05) is 24.3 Å². The molecule has 0 aliphatic rings. The molecule has 1 heterocycles. The molecule has 6 heteroatoms. The fourth-order valence-corrected chi connectivity index (χ4v) is 2.34. The zero-order valence-corrected chi connectivity index (χ0v) is 13.4. The highest BCUT2D eigenvalue weighted by Crippen LogP contribution is 2.27. The highest BCUT2D eigenvalue weighted by atomic mass is 79.9. The van der Waals surface area contributed by atoms with Gasteiger partial charge in [-0.3, -0.25) is 4.79 Å². The van der Waals surface area contributed by atoms with Crippen molar-refractivity contribution in [2.45, 2.75) is 6.92 Å². The molecule has 5 nitrogen and oxygen atoms in total. The number of benzene rings is 1. The number of ether oxygens (including phenoxy) is 1. The van der Waals surface area contributed by atoms with Crippen LogP contribution in [0.1, 0.15) is 17.3 Å². The molecule has 1 amide bonds. The number of aromatic nitrogens is 1. The van der Waals surface area contributed by atoms with Crippen molar-refractivity contribution in [1.82, 2.24) is 4.98 Å². The van der Waals surface area contributed by atoms with Crippen LogP contribution >= 0.6 is 15.9 Å². The molecule has 1 aromatic carbocycles. The second-order valence-corrected chi connectivity index (χ2v) is 5.12. The summed E-state index contributed by atoms with van der Waals surface area (Å²) in [6.45, 7) is 2.73. The Hall–Kier alpha value is -2.08. The number of nitrogens with one attached hydrogen (secondary N) is 2. The van der Waals surface area contributed by atoms with Crippen molar-refractivity contribution in [1.29, 1.82) is 0 Å². The zero-order valence-electron chi connectivity index (χ0n) is 11.8. The second kappa shape index (κ2) is 7.08. The van der Waals surface area contributed by atoms with Crippen LogP contribution in [0.15, 0.2) is 41.0 Å². The Bertz CT molecular complexity index is 647. The van der Waals surface area contributed by atoms with Gasteiger partial charge in [-0.1, -0.05) is 0 Å². The third kappa shape index (κ3) is 3.95. The molecule has 2 N–H and O–H groups in total. The average molecular weight is 350 g/mol. The standard InChI is InChI=1S/C15H16BrN3O2/c1-3-17-14-8-10(6-7-18-14)15(20)19-11-4-5-13(21-2)12(16)9-11/h4-9H,3H2,1-2H3,(H,17,18)(H,19,20). The van der Waals surface area contributed by atoms with Gasteiger partial charge >= 0.3 is 0 Å². The van der Waals surface area contributed by atoms with Gasteiger partial charge in [0.25, 0.3) is 5.91 Å². The number of hydrogen-bond acceptors (Lipinski definition) is 4. The molecule has 0 spiro atoms. The van der Waals surface area contributed by atoms with Crippen LogP contribution in [0.3, 0.4) is 0 Å². The lowest BCUT2D eigenvalue weighted by atomic mass is 10.2. The van der Waals surface area contributed by atoms with E-state index >= 15 is 0 Å². The lowest BCUT2D eigenvalue weighted by molar-refractivity contribution is 0.102. The molecule has 2 aromatic rings. The van der Waals surface area contributed by atoms with E-state index in [9.17, 15) is 4.79 Å². The molecule has 0 aliphatic heterocycles. The third-order valence-electron chi connectivity index (χ3n) is 2.79. The molecule has 0 aliphatic carbocycles. The van der Waals surface area contributed by atoms with Crippen LogP contribution < -0.4 is 15.4 Å². The van der Waals surface area contributed by atoms with Gasteiger partial charge in [0.15, 0.2) is 0 Å². The number of methoxy groups -OCH3 is 1. The molecule has 2 rings (SSSR count). The van der Waals surface area contributed by atoms with Gasteiger partial charge in [-0.25, -0.2) is 4.98 Å². The first kappa shape index (κ1) is 15.3. The predicted octanol–water partition coefficient (Wildman–Crippen LogP) is 3.54. The summed E-state index contributed by atoms with van der Waals surface area (Å²) in [5.74, 6) is 1.21. The maximum absolute atomic E-state index is 12.2. The molecule has 0 saturated carbocycles. The van der Waals surface area contributed by atoms with Crippen LogP contribution in [-0.2, 0) is 0 Å². The lowest BCUT2D eigenvalue weighted by Gasteiger charge is -2.09. The number of halogens is 1. The largest absolute Gasteiger partial charge is 0.496 e. The van der Waals surface area contributed by atoms with Gasteiger partial charge in [0.1, 0.15) is 11.6 Å². The van der Waals surface area contributed by atoms with E-state index in [2.05, 4.69) is 31.5 Å². The molecule has 0 fully saturated rings. The number of hydrogen-bond donors (Lipinski definition) is 2. The minimum absolute atomic E-state index is 0.186. The minimum Gasteiger partial charge on any atom is -0.496 e.